The molecule has 1 saturated carbocycles. The molecule has 0 bridgehead atoms. The molecule has 0 radical (unpaired) electrons. The Morgan fingerprint density at radius 1 is 1.00 bits per heavy atom. The highest BCUT2D eigenvalue weighted by Gasteiger charge is 2.50. The zero-order valence-corrected chi connectivity index (χ0v) is 11.7. The van der Waals surface area contributed by atoms with E-state index in [-0.39, 0.29) is 11.5 Å². The number of hydrogen-bond acceptors (Lipinski definition) is 1. The third-order valence-corrected chi connectivity index (χ3v) is 4.17. The molecule has 1 fully saturated rings. The van der Waals surface area contributed by atoms with Crippen molar-refractivity contribution in [3.8, 4) is 0 Å². The van der Waals surface area contributed by atoms with Gasteiger partial charge in [0, 0.05) is 5.41 Å². The van der Waals surface area contributed by atoms with Gasteiger partial charge in [0.1, 0.15) is 0 Å². The lowest BCUT2D eigenvalue weighted by atomic mass is 9.90. The number of benzene rings is 2. The van der Waals surface area contributed by atoms with Crippen molar-refractivity contribution >= 4 is 0 Å². The van der Waals surface area contributed by atoms with Gasteiger partial charge in [-0.25, -0.2) is 0 Å². The molecule has 1 aliphatic carbocycles. The van der Waals surface area contributed by atoms with Gasteiger partial charge in [-0.2, -0.15) is 0 Å². The Labute approximate surface area is 120 Å². The molecule has 3 rings (SSSR count). The first kappa shape index (κ1) is 13.1. The summed E-state index contributed by atoms with van der Waals surface area (Å²) in [4.78, 5) is 0. The largest absolute Gasteiger partial charge is 0.369 e. The van der Waals surface area contributed by atoms with Crippen molar-refractivity contribution in [2.75, 3.05) is 0 Å². The van der Waals surface area contributed by atoms with Crippen LogP contribution in [0.4, 0.5) is 0 Å². The molecule has 1 nitrogen and oxygen atoms in total. The molecule has 1 atom stereocenters. The molecule has 0 N–H and O–H groups in total. The summed E-state index contributed by atoms with van der Waals surface area (Å²) < 4.78 is 6.14. The maximum absolute atomic E-state index is 6.14. The van der Waals surface area contributed by atoms with Gasteiger partial charge in [0.25, 0.3) is 0 Å². The van der Waals surface area contributed by atoms with Crippen LogP contribution >= 0.6 is 0 Å². The summed E-state index contributed by atoms with van der Waals surface area (Å²) in [6, 6.07) is 21.0. The van der Waals surface area contributed by atoms with Crippen LogP contribution in [0.1, 0.15) is 24.0 Å². The van der Waals surface area contributed by atoms with Crippen LogP contribution in [0.2, 0.25) is 0 Å². The maximum atomic E-state index is 6.14. The fraction of sp³-hybridized carbons (Fsp3) is 0.263. The fourth-order valence-corrected chi connectivity index (χ4v) is 2.86. The highest BCUT2D eigenvalue weighted by molar-refractivity contribution is 5.35. The van der Waals surface area contributed by atoms with Crippen molar-refractivity contribution in [3.05, 3.63) is 84.4 Å². The number of hydrogen-bond donors (Lipinski definition) is 0. The van der Waals surface area contributed by atoms with Crippen LogP contribution in [-0.2, 0) is 16.8 Å². The zero-order chi connectivity index (χ0) is 13.8. The van der Waals surface area contributed by atoms with Crippen LogP contribution in [-0.4, -0.2) is 6.10 Å². The highest BCUT2D eigenvalue weighted by atomic mass is 16.5. The van der Waals surface area contributed by atoms with E-state index in [1.54, 1.807) is 0 Å². The quantitative estimate of drug-likeness (QED) is 0.698. The van der Waals surface area contributed by atoms with Crippen LogP contribution < -0.4 is 0 Å². The molecule has 0 aliphatic heterocycles. The minimum atomic E-state index is 0.0881. The lowest BCUT2D eigenvalue weighted by Gasteiger charge is -2.25. The molecule has 0 spiro atoms. The molecule has 0 unspecified atom stereocenters. The second kappa shape index (κ2) is 5.64. The van der Waals surface area contributed by atoms with E-state index in [9.17, 15) is 0 Å². The molecule has 1 aliphatic rings. The van der Waals surface area contributed by atoms with E-state index >= 15 is 0 Å². The second-order valence-corrected chi connectivity index (χ2v) is 5.48. The van der Waals surface area contributed by atoms with Crippen LogP contribution in [0.25, 0.3) is 0 Å². The Hall–Kier alpha value is -1.86. The van der Waals surface area contributed by atoms with Crippen molar-refractivity contribution in [3.63, 3.8) is 0 Å². The number of rotatable bonds is 6. The topological polar surface area (TPSA) is 9.23 Å². The first-order valence-electron chi connectivity index (χ1n) is 7.19. The van der Waals surface area contributed by atoms with E-state index in [0.717, 1.165) is 0 Å². The average Bonchev–Trinajstić information content (AvgIpc) is 3.32. The molecule has 0 aromatic heterocycles. The standard InChI is InChI=1S/C19H20O/c1-2-18(20-15-16-9-5-3-6-10-16)19(13-14-19)17-11-7-4-8-12-17/h2-12,18H,1,13-15H2/t18-/m0/s1. The van der Waals surface area contributed by atoms with Crippen molar-refractivity contribution in [1.82, 2.24) is 0 Å². The van der Waals surface area contributed by atoms with E-state index in [1.165, 1.54) is 24.0 Å². The van der Waals surface area contributed by atoms with E-state index in [2.05, 4.69) is 49.0 Å². The molecule has 0 amide bonds. The summed E-state index contributed by atoms with van der Waals surface area (Å²) in [6.45, 7) is 4.63. The van der Waals surface area contributed by atoms with E-state index in [1.807, 2.05) is 24.3 Å². The summed E-state index contributed by atoms with van der Waals surface area (Å²) in [5.74, 6) is 0. The normalized spacial score (nSPS) is 17.4. The summed E-state index contributed by atoms with van der Waals surface area (Å²) in [7, 11) is 0. The Balaban J connectivity index is 1.72. The lowest BCUT2D eigenvalue weighted by Crippen LogP contribution is -2.27. The summed E-state index contributed by atoms with van der Waals surface area (Å²) >= 11 is 0. The number of ether oxygens (including phenoxy) is 1. The van der Waals surface area contributed by atoms with Gasteiger partial charge < -0.3 is 4.74 Å². The van der Waals surface area contributed by atoms with Crippen molar-refractivity contribution in [1.29, 1.82) is 0 Å². The minimum Gasteiger partial charge on any atom is -0.369 e. The predicted molar refractivity (Wildman–Crippen MR) is 82.6 cm³/mol. The Bertz CT molecular complexity index is 555. The van der Waals surface area contributed by atoms with Crippen LogP contribution in [0.5, 0.6) is 0 Å². The van der Waals surface area contributed by atoms with E-state index < -0.39 is 0 Å². The van der Waals surface area contributed by atoms with Gasteiger partial charge in [0.15, 0.2) is 0 Å². The molecule has 0 saturated heterocycles. The van der Waals surface area contributed by atoms with Crippen LogP contribution in [0.3, 0.4) is 0 Å². The average molecular weight is 264 g/mol. The van der Waals surface area contributed by atoms with Gasteiger partial charge in [-0.05, 0) is 24.0 Å². The summed E-state index contributed by atoms with van der Waals surface area (Å²) in [6.07, 6.45) is 4.42. The maximum Gasteiger partial charge on any atom is 0.0854 e. The molecule has 20 heavy (non-hydrogen) atoms. The molecule has 102 valence electrons. The van der Waals surface area contributed by atoms with E-state index in [0.29, 0.717) is 6.61 Å². The smallest absolute Gasteiger partial charge is 0.0854 e. The molecule has 2 aromatic rings. The fourth-order valence-electron chi connectivity index (χ4n) is 2.86. The third kappa shape index (κ3) is 2.54. The molecule has 1 heteroatoms. The van der Waals surface area contributed by atoms with Crippen molar-refractivity contribution < 1.29 is 4.74 Å². The first-order chi connectivity index (χ1) is 9.85. The van der Waals surface area contributed by atoms with Gasteiger partial charge in [-0.15, -0.1) is 6.58 Å². The molecule has 2 aromatic carbocycles. The first-order valence-corrected chi connectivity index (χ1v) is 7.19. The lowest BCUT2D eigenvalue weighted by molar-refractivity contribution is 0.0466. The van der Waals surface area contributed by atoms with Crippen LogP contribution in [0, 0.1) is 0 Å². The predicted octanol–water partition coefficient (Wildman–Crippen LogP) is 4.49. The summed E-state index contributed by atoms with van der Waals surface area (Å²) in [5, 5.41) is 0. The third-order valence-electron chi connectivity index (χ3n) is 4.17. The molecular weight excluding hydrogens is 244 g/mol. The molecular formula is C19H20O. The van der Waals surface area contributed by atoms with Gasteiger partial charge >= 0.3 is 0 Å². The van der Waals surface area contributed by atoms with Gasteiger partial charge in [0.05, 0.1) is 12.7 Å². The van der Waals surface area contributed by atoms with Crippen molar-refractivity contribution in [2.45, 2.75) is 31.0 Å². The Morgan fingerprint density at radius 3 is 2.15 bits per heavy atom. The molecule has 0 heterocycles. The monoisotopic (exact) mass is 264 g/mol. The van der Waals surface area contributed by atoms with Crippen molar-refractivity contribution in [2.24, 2.45) is 0 Å². The SMILES string of the molecule is C=C[C@H](OCc1ccccc1)C1(c2ccccc2)CC1. The second-order valence-electron chi connectivity index (χ2n) is 5.48. The van der Waals surface area contributed by atoms with Gasteiger partial charge in [-0.1, -0.05) is 66.7 Å². The summed E-state index contributed by atoms with van der Waals surface area (Å²) in [5.41, 5.74) is 2.74. The minimum absolute atomic E-state index is 0.0881. The zero-order valence-electron chi connectivity index (χ0n) is 11.7. The van der Waals surface area contributed by atoms with Gasteiger partial charge in [0.2, 0.25) is 0 Å². The van der Waals surface area contributed by atoms with Crippen LogP contribution in [0.15, 0.2) is 73.3 Å². The highest BCUT2D eigenvalue weighted by Crippen LogP contribution is 2.52. The Kier molecular flexibility index (Phi) is 3.70. The van der Waals surface area contributed by atoms with E-state index in [4.69, 9.17) is 4.74 Å². The Morgan fingerprint density at radius 2 is 1.60 bits per heavy atom. The van der Waals surface area contributed by atoms with Gasteiger partial charge in [-0.3, -0.25) is 0 Å².